The van der Waals surface area contributed by atoms with Gasteiger partial charge in [0.25, 0.3) is 0 Å². The fourth-order valence-corrected chi connectivity index (χ4v) is 3.30. The number of nitrogens with zero attached hydrogens (tertiary/aromatic N) is 2. The molecular formula is C19H24FN3O3. The van der Waals surface area contributed by atoms with Gasteiger partial charge in [-0.1, -0.05) is 17.3 Å². The minimum atomic E-state index is -0.479. The fraction of sp³-hybridized carbons (Fsp3) is 0.474. The highest BCUT2D eigenvalue weighted by Gasteiger charge is 2.32. The van der Waals surface area contributed by atoms with Gasteiger partial charge in [-0.15, -0.1) is 0 Å². The Morgan fingerprint density at radius 1 is 1.38 bits per heavy atom. The minimum absolute atomic E-state index is 0.0364. The summed E-state index contributed by atoms with van der Waals surface area (Å²) in [5.74, 6) is 0.461. The number of halogens is 1. The van der Waals surface area contributed by atoms with Gasteiger partial charge in [0.05, 0.1) is 18.3 Å². The third-order valence-electron chi connectivity index (χ3n) is 4.64. The second kappa shape index (κ2) is 8.42. The summed E-state index contributed by atoms with van der Waals surface area (Å²) in [7, 11) is 0. The average molecular weight is 361 g/mol. The van der Waals surface area contributed by atoms with Crippen LogP contribution in [-0.2, 0) is 17.6 Å². The number of aliphatic hydroxyl groups excluding tert-OH is 1. The number of benzene rings is 1. The number of nitrogens with one attached hydrogen (secondary N) is 1. The van der Waals surface area contributed by atoms with Gasteiger partial charge in [0.15, 0.2) is 0 Å². The van der Waals surface area contributed by atoms with Crippen molar-refractivity contribution >= 4 is 5.91 Å². The first kappa shape index (κ1) is 18.5. The molecule has 0 aliphatic carbocycles. The number of aromatic nitrogens is 1. The van der Waals surface area contributed by atoms with Gasteiger partial charge < -0.3 is 14.9 Å². The maximum Gasteiger partial charge on any atom is 0.234 e. The highest BCUT2D eigenvalue weighted by atomic mass is 19.1. The SMILES string of the molecule is Cc1cc(C[C@@H]2CN(CC(=O)NCCc3ccc(F)cc3)C[C@H]2O)on1. The fourth-order valence-electron chi connectivity index (χ4n) is 3.30. The summed E-state index contributed by atoms with van der Waals surface area (Å²) in [6, 6.07) is 8.14. The van der Waals surface area contributed by atoms with Crippen molar-refractivity contribution in [2.24, 2.45) is 5.92 Å². The molecule has 26 heavy (non-hydrogen) atoms. The maximum absolute atomic E-state index is 12.9. The zero-order valence-corrected chi connectivity index (χ0v) is 14.8. The molecule has 1 aromatic carbocycles. The number of amides is 1. The van der Waals surface area contributed by atoms with Crippen molar-refractivity contribution in [1.29, 1.82) is 0 Å². The molecule has 2 heterocycles. The van der Waals surface area contributed by atoms with E-state index < -0.39 is 6.10 Å². The van der Waals surface area contributed by atoms with Crippen molar-refractivity contribution in [3.05, 3.63) is 53.2 Å². The molecule has 0 saturated carbocycles. The van der Waals surface area contributed by atoms with E-state index in [4.69, 9.17) is 4.52 Å². The van der Waals surface area contributed by atoms with Gasteiger partial charge >= 0.3 is 0 Å². The zero-order chi connectivity index (χ0) is 18.5. The number of aliphatic hydroxyl groups is 1. The predicted octanol–water partition coefficient (Wildman–Crippen LogP) is 1.32. The van der Waals surface area contributed by atoms with E-state index in [9.17, 15) is 14.3 Å². The molecule has 1 aromatic heterocycles. The number of aryl methyl sites for hydroxylation is 1. The van der Waals surface area contributed by atoms with Crippen molar-refractivity contribution < 1.29 is 18.8 Å². The summed E-state index contributed by atoms with van der Waals surface area (Å²) in [4.78, 5) is 14.0. The lowest BCUT2D eigenvalue weighted by molar-refractivity contribution is -0.122. The molecule has 2 aromatic rings. The normalized spacial score (nSPS) is 20.4. The third kappa shape index (κ3) is 5.12. The van der Waals surface area contributed by atoms with Gasteiger partial charge in [-0.2, -0.15) is 0 Å². The molecule has 6 nitrogen and oxygen atoms in total. The molecule has 1 aliphatic heterocycles. The molecule has 0 bridgehead atoms. The number of β-amino-alcohol motifs (C(OH)–C–C–N with tert-alkyl or cyclic N) is 1. The molecule has 1 aliphatic rings. The van der Waals surface area contributed by atoms with E-state index in [2.05, 4.69) is 10.5 Å². The molecule has 140 valence electrons. The van der Waals surface area contributed by atoms with E-state index >= 15 is 0 Å². The summed E-state index contributed by atoms with van der Waals surface area (Å²) in [6.45, 7) is 3.74. The van der Waals surface area contributed by atoms with E-state index in [1.807, 2.05) is 17.9 Å². The number of carbonyl (C=O) groups is 1. The van der Waals surface area contributed by atoms with Gasteiger partial charge in [-0.25, -0.2) is 4.39 Å². The van der Waals surface area contributed by atoms with Gasteiger partial charge in [0.1, 0.15) is 11.6 Å². The first-order valence-corrected chi connectivity index (χ1v) is 8.83. The molecule has 1 saturated heterocycles. The van der Waals surface area contributed by atoms with Crippen LogP contribution in [0.15, 0.2) is 34.9 Å². The van der Waals surface area contributed by atoms with Crippen LogP contribution in [0, 0.1) is 18.7 Å². The zero-order valence-electron chi connectivity index (χ0n) is 14.8. The van der Waals surface area contributed by atoms with Crippen LogP contribution in [0.4, 0.5) is 4.39 Å². The quantitative estimate of drug-likeness (QED) is 0.778. The summed E-state index contributed by atoms with van der Waals surface area (Å²) in [5.41, 5.74) is 1.80. The van der Waals surface area contributed by atoms with Crippen molar-refractivity contribution in [3.8, 4) is 0 Å². The Morgan fingerprint density at radius 3 is 2.85 bits per heavy atom. The summed E-state index contributed by atoms with van der Waals surface area (Å²) >= 11 is 0. The molecule has 0 unspecified atom stereocenters. The van der Waals surface area contributed by atoms with Crippen LogP contribution in [0.5, 0.6) is 0 Å². The van der Waals surface area contributed by atoms with E-state index in [1.165, 1.54) is 12.1 Å². The largest absolute Gasteiger partial charge is 0.391 e. The van der Waals surface area contributed by atoms with Crippen LogP contribution >= 0.6 is 0 Å². The lowest BCUT2D eigenvalue weighted by Crippen LogP contribution is -2.37. The Morgan fingerprint density at radius 2 is 2.15 bits per heavy atom. The monoisotopic (exact) mass is 361 g/mol. The molecule has 7 heteroatoms. The lowest BCUT2D eigenvalue weighted by atomic mass is 10.0. The molecule has 2 N–H and O–H groups in total. The second-order valence-electron chi connectivity index (χ2n) is 6.89. The first-order chi connectivity index (χ1) is 12.5. The Hall–Kier alpha value is -2.25. The molecule has 2 atom stereocenters. The smallest absolute Gasteiger partial charge is 0.234 e. The Kier molecular flexibility index (Phi) is 6.00. The number of likely N-dealkylation sites (tertiary alicyclic amines) is 1. The Labute approximate surface area is 152 Å². The van der Waals surface area contributed by atoms with Gasteiger partial charge in [-0.05, 0) is 31.0 Å². The Balaban J connectivity index is 1.39. The van der Waals surface area contributed by atoms with Crippen molar-refractivity contribution in [2.75, 3.05) is 26.2 Å². The van der Waals surface area contributed by atoms with Gasteiger partial charge in [0.2, 0.25) is 5.91 Å². The van der Waals surface area contributed by atoms with Crippen LogP contribution in [0.3, 0.4) is 0 Å². The van der Waals surface area contributed by atoms with Crippen LogP contribution in [-0.4, -0.2) is 53.4 Å². The molecule has 1 fully saturated rings. The van der Waals surface area contributed by atoms with Gasteiger partial charge in [0, 0.05) is 38.0 Å². The van der Waals surface area contributed by atoms with Crippen LogP contribution < -0.4 is 5.32 Å². The number of hydrogen-bond acceptors (Lipinski definition) is 5. The maximum atomic E-state index is 12.9. The molecular weight excluding hydrogens is 337 g/mol. The second-order valence-corrected chi connectivity index (χ2v) is 6.89. The van der Waals surface area contributed by atoms with Gasteiger partial charge in [-0.3, -0.25) is 9.69 Å². The minimum Gasteiger partial charge on any atom is -0.391 e. The molecule has 3 rings (SSSR count). The number of carbonyl (C=O) groups excluding carboxylic acids is 1. The summed E-state index contributed by atoms with van der Waals surface area (Å²) < 4.78 is 18.1. The third-order valence-corrected chi connectivity index (χ3v) is 4.64. The standard InChI is InChI=1S/C19H24FN3O3/c1-13-8-17(26-22-13)9-15-10-23(11-18(15)24)12-19(25)21-7-6-14-2-4-16(20)5-3-14/h2-5,8,15,18,24H,6-7,9-12H2,1H3,(H,21,25)/t15-,18-/m1/s1. The van der Waals surface area contributed by atoms with E-state index in [-0.39, 0.29) is 24.2 Å². The topological polar surface area (TPSA) is 78.6 Å². The summed E-state index contributed by atoms with van der Waals surface area (Å²) in [5, 5.41) is 17.0. The van der Waals surface area contributed by atoms with E-state index in [1.54, 1.807) is 12.1 Å². The van der Waals surface area contributed by atoms with Crippen molar-refractivity contribution in [1.82, 2.24) is 15.4 Å². The highest BCUT2D eigenvalue weighted by molar-refractivity contribution is 5.78. The van der Waals surface area contributed by atoms with Crippen LogP contribution in [0.1, 0.15) is 17.0 Å². The lowest BCUT2D eigenvalue weighted by Gasteiger charge is -2.15. The summed E-state index contributed by atoms with van der Waals surface area (Å²) in [6.07, 6.45) is 0.791. The molecule has 0 radical (unpaired) electrons. The number of rotatable bonds is 7. The molecule has 1 amide bonds. The Bertz CT molecular complexity index is 732. The van der Waals surface area contributed by atoms with Crippen molar-refractivity contribution in [2.45, 2.75) is 25.9 Å². The van der Waals surface area contributed by atoms with Crippen LogP contribution in [0.2, 0.25) is 0 Å². The average Bonchev–Trinajstić information content (AvgIpc) is 3.15. The highest BCUT2D eigenvalue weighted by Crippen LogP contribution is 2.21. The van der Waals surface area contributed by atoms with Crippen LogP contribution in [0.25, 0.3) is 0 Å². The van der Waals surface area contributed by atoms with E-state index in [0.717, 1.165) is 17.0 Å². The van der Waals surface area contributed by atoms with Crippen molar-refractivity contribution in [3.63, 3.8) is 0 Å². The first-order valence-electron chi connectivity index (χ1n) is 8.83. The molecule has 0 spiro atoms. The predicted molar refractivity (Wildman–Crippen MR) is 94.0 cm³/mol. The number of hydrogen-bond donors (Lipinski definition) is 2. The van der Waals surface area contributed by atoms with E-state index in [0.29, 0.717) is 32.5 Å².